The molecule has 2 aromatic heterocycles. The summed E-state index contributed by atoms with van der Waals surface area (Å²) in [4.78, 5) is 31.3. The van der Waals surface area contributed by atoms with Crippen molar-refractivity contribution in [1.29, 1.82) is 0 Å². The molecule has 0 unspecified atom stereocenters. The van der Waals surface area contributed by atoms with Crippen LogP contribution in [0.3, 0.4) is 0 Å². The molecular weight excluding hydrogens is 244 g/mol. The van der Waals surface area contributed by atoms with Gasteiger partial charge in [0.2, 0.25) is 0 Å². The van der Waals surface area contributed by atoms with Crippen LogP contribution in [0.15, 0.2) is 15.9 Å². The molecule has 0 aliphatic heterocycles. The summed E-state index contributed by atoms with van der Waals surface area (Å²) in [5.41, 5.74) is 0.335. The highest BCUT2D eigenvalue weighted by atomic mass is 16.2. The molecule has 1 N–H and O–H groups in total. The second kappa shape index (κ2) is 5.86. The van der Waals surface area contributed by atoms with Gasteiger partial charge < -0.3 is 4.98 Å². The van der Waals surface area contributed by atoms with Gasteiger partial charge in [0.1, 0.15) is 5.52 Å². The fraction of sp³-hybridized carbons (Fsp3) is 0.615. The van der Waals surface area contributed by atoms with Gasteiger partial charge in [-0.1, -0.05) is 26.2 Å². The number of nitrogens with zero attached hydrogens (tertiary/aromatic N) is 3. The van der Waals surface area contributed by atoms with Crippen molar-refractivity contribution in [3.63, 3.8) is 0 Å². The Hall–Kier alpha value is -1.85. The van der Waals surface area contributed by atoms with Gasteiger partial charge in [-0.3, -0.25) is 13.9 Å². The van der Waals surface area contributed by atoms with Crippen LogP contribution in [0.1, 0.15) is 39.5 Å². The van der Waals surface area contributed by atoms with Crippen LogP contribution in [-0.4, -0.2) is 19.1 Å². The van der Waals surface area contributed by atoms with Gasteiger partial charge in [-0.15, -0.1) is 0 Å². The molecule has 0 spiro atoms. The third kappa shape index (κ3) is 2.47. The SMILES string of the molecule is CCCCCCn1c(=O)n(CC)c(=O)c2[nH]cnc21. The molecule has 0 aliphatic rings. The molecule has 6 nitrogen and oxygen atoms in total. The van der Waals surface area contributed by atoms with Crippen molar-refractivity contribution in [2.45, 2.75) is 52.6 Å². The highest BCUT2D eigenvalue weighted by molar-refractivity contribution is 5.68. The van der Waals surface area contributed by atoms with Crippen molar-refractivity contribution in [3.05, 3.63) is 27.2 Å². The smallest absolute Gasteiger partial charge is 0.332 e. The number of nitrogens with one attached hydrogen (secondary N) is 1. The van der Waals surface area contributed by atoms with Crippen molar-refractivity contribution in [1.82, 2.24) is 19.1 Å². The quantitative estimate of drug-likeness (QED) is 0.803. The standard InChI is InChI=1S/C13H20N4O2/c1-3-5-6-7-8-17-11-10(14-9-15-11)12(18)16(4-2)13(17)19/h9H,3-8H2,1-2H3,(H,14,15). The van der Waals surface area contributed by atoms with E-state index in [2.05, 4.69) is 16.9 Å². The first-order valence-electron chi connectivity index (χ1n) is 6.87. The molecule has 2 heterocycles. The van der Waals surface area contributed by atoms with Crippen LogP contribution >= 0.6 is 0 Å². The predicted octanol–water partition coefficient (Wildman–Crippen LogP) is 1.49. The van der Waals surface area contributed by atoms with Gasteiger partial charge in [-0.2, -0.15) is 0 Å². The number of H-pyrrole nitrogens is 1. The molecule has 0 radical (unpaired) electrons. The molecule has 0 bridgehead atoms. The van der Waals surface area contributed by atoms with Gasteiger partial charge >= 0.3 is 5.69 Å². The minimum absolute atomic E-state index is 0.261. The first-order valence-corrected chi connectivity index (χ1v) is 6.87. The lowest BCUT2D eigenvalue weighted by Crippen LogP contribution is -2.39. The van der Waals surface area contributed by atoms with E-state index in [4.69, 9.17) is 0 Å². The number of hydrogen-bond acceptors (Lipinski definition) is 3. The summed E-state index contributed by atoms with van der Waals surface area (Å²) >= 11 is 0. The molecule has 2 aromatic rings. The maximum Gasteiger partial charge on any atom is 0.332 e. The van der Waals surface area contributed by atoms with Gasteiger partial charge in [-0.25, -0.2) is 9.78 Å². The number of aromatic amines is 1. The predicted molar refractivity (Wildman–Crippen MR) is 74.4 cm³/mol. The largest absolute Gasteiger partial charge is 0.339 e. The Kier molecular flexibility index (Phi) is 4.19. The molecule has 2 rings (SSSR count). The lowest BCUT2D eigenvalue weighted by Gasteiger charge is -2.09. The van der Waals surface area contributed by atoms with Gasteiger partial charge in [-0.05, 0) is 13.3 Å². The van der Waals surface area contributed by atoms with Gasteiger partial charge in [0.25, 0.3) is 5.56 Å². The topological polar surface area (TPSA) is 72.7 Å². The van der Waals surface area contributed by atoms with Crippen LogP contribution < -0.4 is 11.2 Å². The summed E-state index contributed by atoms with van der Waals surface area (Å²) in [6.07, 6.45) is 5.79. The number of rotatable bonds is 6. The number of imidazole rings is 1. The summed E-state index contributed by atoms with van der Waals surface area (Å²) in [5.74, 6) is 0. The van der Waals surface area contributed by atoms with Gasteiger partial charge in [0, 0.05) is 13.1 Å². The molecular formula is C13H20N4O2. The zero-order valence-corrected chi connectivity index (χ0v) is 11.5. The summed E-state index contributed by atoms with van der Waals surface area (Å²) < 4.78 is 2.85. The zero-order chi connectivity index (χ0) is 13.8. The van der Waals surface area contributed by atoms with Crippen molar-refractivity contribution in [2.24, 2.45) is 0 Å². The van der Waals surface area contributed by atoms with Crippen LogP contribution in [0, 0.1) is 0 Å². The van der Waals surface area contributed by atoms with Crippen molar-refractivity contribution in [2.75, 3.05) is 0 Å². The Labute approximate surface area is 111 Å². The van der Waals surface area contributed by atoms with Crippen molar-refractivity contribution < 1.29 is 0 Å². The van der Waals surface area contributed by atoms with Crippen LogP contribution in [0.2, 0.25) is 0 Å². The molecule has 0 fully saturated rings. The number of fused-ring (bicyclic) bond motifs is 1. The molecule has 0 amide bonds. The summed E-state index contributed by atoms with van der Waals surface area (Å²) in [7, 11) is 0. The van der Waals surface area contributed by atoms with E-state index in [1.54, 1.807) is 11.5 Å². The van der Waals surface area contributed by atoms with E-state index in [9.17, 15) is 9.59 Å². The Balaban J connectivity index is 2.44. The van der Waals surface area contributed by atoms with Crippen LogP contribution in [0.5, 0.6) is 0 Å². The zero-order valence-electron chi connectivity index (χ0n) is 11.5. The molecule has 0 saturated carbocycles. The van der Waals surface area contributed by atoms with E-state index in [0.717, 1.165) is 25.7 Å². The number of hydrogen-bond donors (Lipinski definition) is 1. The summed E-state index contributed by atoms with van der Waals surface area (Å²) in [5, 5.41) is 0. The van der Waals surface area contributed by atoms with Crippen LogP contribution in [0.25, 0.3) is 11.2 Å². The molecule has 104 valence electrons. The molecule has 0 saturated heterocycles. The monoisotopic (exact) mass is 264 g/mol. The van der Waals surface area contributed by atoms with Gasteiger partial charge in [0.15, 0.2) is 5.65 Å². The normalized spacial score (nSPS) is 11.3. The van der Waals surface area contributed by atoms with Gasteiger partial charge in [0.05, 0.1) is 6.33 Å². The lowest BCUT2D eigenvalue weighted by molar-refractivity contribution is 0.540. The average molecular weight is 264 g/mol. The van der Waals surface area contributed by atoms with E-state index < -0.39 is 0 Å². The third-order valence-corrected chi connectivity index (χ3v) is 3.35. The lowest BCUT2D eigenvalue weighted by atomic mass is 10.2. The van der Waals surface area contributed by atoms with E-state index in [1.807, 2.05) is 0 Å². The Morgan fingerprint density at radius 1 is 1.16 bits per heavy atom. The Morgan fingerprint density at radius 3 is 2.63 bits per heavy atom. The second-order valence-electron chi connectivity index (χ2n) is 4.65. The highest BCUT2D eigenvalue weighted by Crippen LogP contribution is 2.05. The average Bonchev–Trinajstić information content (AvgIpc) is 2.88. The third-order valence-electron chi connectivity index (χ3n) is 3.35. The first kappa shape index (κ1) is 13.6. The highest BCUT2D eigenvalue weighted by Gasteiger charge is 2.13. The number of unbranched alkanes of at least 4 members (excludes halogenated alkanes) is 3. The fourth-order valence-corrected chi connectivity index (χ4v) is 2.28. The Bertz CT molecular complexity index is 665. The maximum absolute atomic E-state index is 12.3. The van der Waals surface area contributed by atoms with Crippen molar-refractivity contribution in [3.8, 4) is 0 Å². The van der Waals surface area contributed by atoms with E-state index in [1.165, 1.54) is 10.9 Å². The number of aryl methyl sites for hydroxylation is 1. The van der Waals surface area contributed by atoms with Crippen molar-refractivity contribution >= 4 is 11.2 Å². The summed E-state index contributed by atoms with van der Waals surface area (Å²) in [6.45, 7) is 4.93. The molecule has 0 atom stereocenters. The van der Waals surface area contributed by atoms with Crippen LogP contribution in [-0.2, 0) is 13.1 Å². The second-order valence-corrected chi connectivity index (χ2v) is 4.65. The maximum atomic E-state index is 12.3. The molecule has 0 aliphatic carbocycles. The van der Waals surface area contributed by atoms with E-state index in [-0.39, 0.29) is 11.2 Å². The molecule has 6 heteroatoms. The Morgan fingerprint density at radius 2 is 1.95 bits per heavy atom. The molecule has 19 heavy (non-hydrogen) atoms. The minimum Gasteiger partial charge on any atom is -0.339 e. The van der Waals surface area contributed by atoms with E-state index >= 15 is 0 Å². The number of aromatic nitrogens is 4. The minimum atomic E-state index is -0.287. The van der Waals surface area contributed by atoms with Crippen LogP contribution in [0.4, 0.5) is 0 Å². The first-order chi connectivity index (χ1) is 9.20. The molecule has 0 aromatic carbocycles. The van der Waals surface area contributed by atoms with E-state index in [0.29, 0.717) is 24.3 Å². The summed E-state index contributed by atoms with van der Waals surface area (Å²) in [6, 6.07) is 0. The fourth-order valence-electron chi connectivity index (χ4n) is 2.28.